The van der Waals surface area contributed by atoms with Crippen molar-refractivity contribution in [3.05, 3.63) is 66.3 Å². The van der Waals surface area contributed by atoms with E-state index in [1.807, 2.05) is 6.08 Å². The second kappa shape index (κ2) is 5.61. The summed E-state index contributed by atoms with van der Waals surface area (Å²) in [6, 6.07) is 6.85. The van der Waals surface area contributed by atoms with Crippen molar-refractivity contribution in [3.63, 3.8) is 0 Å². The lowest BCUT2D eigenvalue weighted by molar-refractivity contribution is 0.369. The molecule has 0 N–H and O–H groups in total. The highest BCUT2D eigenvalue weighted by Gasteiger charge is 2.33. The molecule has 2 rings (SSSR count). The molecule has 100 valence electrons. The molecule has 0 fully saturated rings. The largest absolute Gasteiger partial charge is 0.102 e. The molecule has 1 aliphatic carbocycles. The molecule has 0 bridgehead atoms. The summed E-state index contributed by atoms with van der Waals surface area (Å²) in [4.78, 5) is 0. The van der Waals surface area contributed by atoms with Gasteiger partial charge in [-0.3, -0.25) is 0 Å². The van der Waals surface area contributed by atoms with Crippen LogP contribution in [0.4, 0.5) is 0 Å². The van der Waals surface area contributed by atoms with Gasteiger partial charge in [0, 0.05) is 0 Å². The molecule has 1 aromatic rings. The molecule has 19 heavy (non-hydrogen) atoms. The van der Waals surface area contributed by atoms with Gasteiger partial charge >= 0.3 is 0 Å². The van der Waals surface area contributed by atoms with Crippen LogP contribution in [0.2, 0.25) is 0 Å². The molecule has 1 atom stereocenters. The molecule has 0 aliphatic heterocycles. The van der Waals surface area contributed by atoms with Gasteiger partial charge in [0.15, 0.2) is 0 Å². The molecule has 0 saturated heterocycles. The molecule has 0 aromatic heterocycles. The van der Waals surface area contributed by atoms with Gasteiger partial charge in [-0.05, 0) is 53.9 Å². The topological polar surface area (TPSA) is 0 Å². The van der Waals surface area contributed by atoms with Crippen LogP contribution in [0.25, 0.3) is 5.57 Å². The minimum atomic E-state index is 0.292. The van der Waals surface area contributed by atoms with Crippen molar-refractivity contribution in [2.45, 2.75) is 39.5 Å². The lowest BCUT2D eigenvalue weighted by atomic mass is 9.81. The SMILES string of the molecule is C=C/C(=C\C)c1ccc2c(c1)CC(C=C)(CCC)C2. The first kappa shape index (κ1) is 13.9. The summed E-state index contributed by atoms with van der Waals surface area (Å²) in [6.45, 7) is 12.3. The van der Waals surface area contributed by atoms with Crippen molar-refractivity contribution in [1.29, 1.82) is 0 Å². The van der Waals surface area contributed by atoms with Gasteiger partial charge in [-0.1, -0.05) is 56.4 Å². The molecule has 0 heteroatoms. The fraction of sp³-hybridized carbons (Fsp3) is 0.368. The van der Waals surface area contributed by atoms with Crippen LogP contribution in [0.15, 0.2) is 49.6 Å². The van der Waals surface area contributed by atoms with Crippen LogP contribution in [0, 0.1) is 5.41 Å². The molecule has 0 heterocycles. The summed E-state index contributed by atoms with van der Waals surface area (Å²) < 4.78 is 0. The third kappa shape index (κ3) is 2.58. The maximum absolute atomic E-state index is 4.08. The van der Waals surface area contributed by atoms with E-state index in [1.165, 1.54) is 35.1 Å². The number of hydrogen-bond donors (Lipinski definition) is 0. The Hall–Kier alpha value is -1.56. The highest BCUT2D eigenvalue weighted by molar-refractivity contribution is 5.74. The van der Waals surface area contributed by atoms with Gasteiger partial charge in [0.2, 0.25) is 0 Å². The number of fused-ring (bicyclic) bond motifs is 1. The van der Waals surface area contributed by atoms with Crippen LogP contribution in [0.3, 0.4) is 0 Å². The summed E-state index contributed by atoms with van der Waals surface area (Å²) in [6.07, 6.45) is 11.0. The fourth-order valence-electron chi connectivity index (χ4n) is 3.29. The van der Waals surface area contributed by atoms with Gasteiger partial charge in [0.25, 0.3) is 0 Å². The smallest absolute Gasteiger partial charge is 0.00401 e. The van der Waals surface area contributed by atoms with E-state index in [0.29, 0.717) is 5.41 Å². The van der Waals surface area contributed by atoms with Crippen LogP contribution < -0.4 is 0 Å². The van der Waals surface area contributed by atoms with E-state index >= 15 is 0 Å². The van der Waals surface area contributed by atoms with E-state index in [0.717, 1.165) is 12.8 Å². The number of allylic oxidation sites excluding steroid dienone is 4. The lowest BCUT2D eigenvalue weighted by Gasteiger charge is -2.23. The van der Waals surface area contributed by atoms with Gasteiger partial charge < -0.3 is 0 Å². The Morgan fingerprint density at radius 1 is 1.26 bits per heavy atom. The van der Waals surface area contributed by atoms with E-state index < -0.39 is 0 Å². The third-order valence-corrected chi connectivity index (χ3v) is 4.34. The van der Waals surface area contributed by atoms with Crippen molar-refractivity contribution < 1.29 is 0 Å². The monoisotopic (exact) mass is 252 g/mol. The van der Waals surface area contributed by atoms with E-state index in [9.17, 15) is 0 Å². The Morgan fingerprint density at radius 2 is 2.00 bits per heavy atom. The average Bonchev–Trinajstić information content (AvgIpc) is 2.79. The summed E-state index contributed by atoms with van der Waals surface area (Å²) in [5, 5.41) is 0. The second-order valence-electron chi connectivity index (χ2n) is 5.60. The fourth-order valence-corrected chi connectivity index (χ4v) is 3.29. The Balaban J connectivity index is 2.34. The molecule has 0 saturated carbocycles. The van der Waals surface area contributed by atoms with Gasteiger partial charge in [-0.15, -0.1) is 6.58 Å². The van der Waals surface area contributed by atoms with Gasteiger partial charge in [0.1, 0.15) is 0 Å². The standard InChI is InChI=1S/C19H24/c1-5-11-19(8-4)13-17-10-9-16(12-18(17)14-19)15(6-2)7-3/h6-10,12H,2,4-5,11,13-14H2,1,3H3/b15-7+. The number of hydrogen-bond acceptors (Lipinski definition) is 0. The van der Waals surface area contributed by atoms with E-state index in [4.69, 9.17) is 0 Å². The predicted octanol–water partition coefficient (Wildman–Crippen LogP) is 5.35. The third-order valence-electron chi connectivity index (χ3n) is 4.34. The van der Waals surface area contributed by atoms with Gasteiger partial charge in [-0.25, -0.2) is 0 Å². The molecule has 1 aromatic carbocycles. The van der Waals surface area contributed by atoms with Crippen LogP contribution >= 0.6 is 0 Å². The van der Waals surface area contributed by atoms with E-state index in [-0.39, 0.29) is 0 Å². The number of rotatable bonds is 5. The Morgan fingerprint density at radius 3 is 2.58 bits per heavy atom. The predicted molar refractivity (Wildman–Crippen MR) is 85.2 cm³/mol. The van der Waals surface area contributed by atoms with Crippen molar-refractivity contribution in [2.24, 2.45) is 5.41 Å². The summed E-state index contributed by atoms with van der Waals surface area (Å²) in [7, 11) is 0. The Labute approximate surface area is 117 Å². The normalized spacial score (nSPS) is 22.1. The first-order chi connectivity index (χ1) is 9.18. The molecule has 0 spiro atoms. The molecular weight excluding hydrogens is 228 g/mol. The van der Waals surface area contributed by atoms with Crippen LogP contribution in [0.1, 0.15) is 43.4 Å². The van der Waals surface area contributed by atoms with E-state index in [1.54, 1.807) is 0 Å². The summed E-state index contributed by atoms with van der Waals surface area (Å²) in [5.41, 5.74) is 5.78. The highest BCUT2D eigenvalue weighted by Crippen LogP contribution is 2.42. The van der Waals surface area contributed by atoms with Crippen molar-refractivity contribution >= 4 is 5.57 Å². The first-order valence-corrected chi connectivity index (χ1v) is 7.22. The molecule has 0 nitrogen and oxygen atoms in total. The van der Waals surface area contributed by atoms with E-state index in [2.05, 4.69) is 57.4 Å². The molecule has 1 aliphatic rings. The minimum Gasteiger partial charge on any atom is -0.102 e. The Kier molecular flexibility index (Phi) is 4.09. The summed E-state index contributed by atoms with van der Waals surface area (Å²) in [5.74, 6) is 0. The average molecular weight is 252 g/mol. The van der Waals surface area contributed by atoms with Crippen molar-refractivity contribution in [1.82, 2.24) is 0 Å². The zero-order valence-corrected chi connectivity index (χ0v) is 12.2. The van der Waals surface area contributed by atoms with Crippen molar-refractivity contribution in [3.8, 4) is 0 Å². The molecule has 0 amide bonds. The molecular formula is C19H24. The minimum absolute atomic E-state index is 0.292. The van der Waals surface area contributed by atoms with Crippen LogP contribution in [-0.2, 0) is 12.8 Å². The van der Waals surface area contributed by atoms with Gasteiger partial charge in [0.05, 0.1) is 0 Å². The quantitative estimate of drug-likeness (QED) is 0.489. The first-order valence-electron chi connectivity index (χ1n) is 7.22. The Bertz CT molecular complexity index is 519. The zero-order chi connectivity index (χ0) is 13.9. The van der Waals surface area contributed by atoms with Gasteiger partial charge in [-0.2, -0.15) is 0 Å². The highest BCUT2D eigenvalue weighted by atomic mass is 14.4. The molecule has 0 radical (unpaired) electrons. The van der Waals surface area contributed by atoms with Crippen LogP contribution in [0.5, 0.6) is 0 Å². The maximum atomic E-state index is 4.08. The van der Waals surface area contributed by atoms with Crippen LogP contribution in [-0.4, -0.2) is 0 Å². The second-order valence-corrected chi connectivity index (χ2v) is 5.60. The number of benzene rings is 1. The zero-order valence-electron chi connectivity index (χ0n) is 12.2. The molecule has 1 unspecified atom stereocenters. The lowest BCUT2D eigenvalue weighted by Crippen LogP contribution is -2.17. The summed E-state index contributed by atoms with van der Waals surface area (Å²) >= 11 is 0. The maximum Gasteiger partial charge on any atom is -0.00401 e. The van der Waals surface area contributed by atoms with Crippen molar-refractivity contribution in [2.75, 3.05) is 0 Å².